The van der Waals surface area contributed by atoms with E-state index in [1.165, 1.54) is 0 Å². The predicted octanol–water partition coefficient (Wildman–Crippen LogP) is 1.19. The Kier molecular flexibility index (Phi) is 2.56. The minimum atomic E-state index is -3.46. The lowest BCUT2D eigenvalue weighted by molar-refractivity contribution is -0.0206. The molecule has 0 radical (unpaired) electrons. The molecule has 5 heteroatoms. The molecule has 2 N–H and O–H groups in total. The Balaban J connectivity index is 1.80. The molecule has 0 aliphatic heterocycles. The van der Waals surface area contributed by atoms with Crippen LogP contribution in [0, 0.1) is 12.8 Å². The molecule has 3 saturated carbocycles. The van der Waals surface area contributed by atoms with Gasteiger partial charge < -0.3 is 5.11 Å². The maximum Gasteiger partial charge on any atom is 0.240 e. The standard InChI is InChI=1S/C13H17NO3S/c1-9-3-2-4-11(5-9)18(16,17)14-12-8-13(15)6-10(12)7-13/h2-5,10,12,14-15H,6-8H2,1H3/t10?,12-,13?/m1/s1. The van der Waals surface area contributed by atoms with Crippen LogP contribution in [0.1, 0.15) is 24.8 Å². The first kappa shape index (κ1) is 12.1. The van der Waals surface area contributed by atoms with Crippen molar-refractivity contribution in [2.45, 2.75) is 42.7 Å². The van der Waals surface area contributed by atoms with Gasteiger partial charge in [0, 0.05) is 6.04 Å². The second-order valence-electron chi connectivity index (χ2n) is 5.64. The molecule has 3 aliphatic carbocycles. The van der Waals surface area contributed by atoms with E-state index in [4.69, 9.17) is 0 Å². The van der Waals surface area contributed by atoms with Gasteiger partial charge in [0.2, 0.25) is 10.0 Å². The van der Waals surface area contributed by atoms with Gasteiger partial charge in [-0.25, -0.2) is 13.1 Å². The van der Waals surface area contributed by atoms with Crippen molar-refractivity contribution in [3.63, 3.8) is 0 Å². The zero-order valence-corrected chi connectivity index (χ0v) is 11.1. The van der Waals surface area contributed by atoms with Gasteiger partial charge in [0.05, 0.1) is 10.5 Å². The van der Waals surface area contributed by atoms with Gasteiger partial charge in [0.25, 0.3) is 0 Å². The molecule has 0 unspecified atom stereocenters. The summed E-state index contributed by atoms with van der Waals surface area (Å²) in [6.45, 7) is 1.87. The van der Waals surface area contributed by atoms with Crippen molar-refractivity contribution in [1.82, 2.24) is 4.72 Å². The fourth-order valence-electron chi connectivity index (χ4n) is 3.13. The zero-order chi connectivity index (χ0) is 13.0. The van der Waals surface area contributed by atoms with Crippen LogP contribution in [0.15, 0.2) is 29.2 Å². The quantitative estimate of drug-likeness (QED) is 0.864. The van der Waals surface area contributed by atoms with E-state index < -0.39 is 15.6 Å². The van der Waals surface area contributed by atoms with Crippen molar-refractivity contribution in [3.8, 4) is 0 Å². The largest absolute Gasteiger partial charge is 0.390 e. The van der Waals surface area contributed by atoms with Gasteiger partial charge in [-0.05, 0) is 49.8 Å². The summed E-state index contributed by atoms with van der Waals surface area (Å²) in [5, 5.41) is 9.91. The Morgan fingerprint density at radius 2 is 2.06 bits per heavy atom. The molecule has 1 aromatic rings. The van der Waals surface area contributed by atoms with Gasteiger partial charge in [-0.2, -0.15) is 0 Å². The smallest absolute Gasteiger partial charge is 0.240 e. The number of rotatable bonds is 3. The Morgan fingerprint density at radius 3 is 2.61 bits per heavy atom. The molecule has 3 fully saturated rings. The van der Waals surface area contributed by atoms with Gasteiger partial charge in [-0.15, -0.1) is 0 Å². The Morgan fingerprint density at radius 1 is 1.33 bits per heavy atom. The summed E-state index contributed by atoms with van der Waals surface area (Å²) < 4.78 is 27.2. The summed E-state index contributed by atoms with van der Waals surface area (Å²) in [6.07, 6.45) is 2.00. The van der Waals surface area contributed by atoms with E-state index in [2.05, 4.69) is 4.72 Å². The minimum Gasteiger partial charge on any atom is -0.390 e. The average Bonchev–Trinajstić information content (AvgIpc) is 2.69. The molecule has 4 rings (SSSR count). The molecule has 3 aliphatic rings. The number of nitrogens with one attached hydrogen (secondary N) is 1. The number of benzene rings is 1. The fraction of sp³-hybridized carbons (Fsp3) is 0.538. The third-order valence-corrected chi connectivity index (χ3v) is 5.55. The summed E-state index contributed by atoms with van der Waals surface area (Å²) in [5.74, 6) is 0.301. The van der Waals surface area contributed by atoms with Crippen molar-refractivity contribution in [2.24, 2.45) is 5.92 Å². The molecule has 2 bridgehead atoms. The molecular formula is C13H17NO3S. The van der Waals surface area contributed by atoms with E-state index in [1.54, 1.807) is 18.2 Å². The molecular weight excluding hydrogens is 250 g/mol. The number of fused-ring (bicyclic) bond motifs is 1. The van der Waals surface area contributed by atoms with Crippen LogP contribution in [-0.4, -0.2) is 25.2 Å². The Labute approximate surface area is 107 Å². The highest BCUT2D eigenvalue weighted by atomic mass is 32.2. The summed E-state index contributed by atoms with van der Waals surface area (Å²) in [5.41, 5.74) is 0.317. The molecule has 0 saturated heterocycles. The van der Waals surface area contributed by atoms with Crippen LogP contribution >= 0.6 is 0 Å². The number of sulfonamides is 1. The highest BCUT2D eigenvalue weighted by molar-refractivity contribution is 7.89. The predicted molar refractivity (Wildman–Crippen MR) is 67.6 cm³/mol. The van der Waals surface area contributed by atoms with Crippen molar-refractivity contribution >= 4 is 10.0 Å². The third kappa shape index (κ3) is 1.96. The van der Waals surface area contributed by atoms with Crippen LogP contribution in [0.25, 0.3) is 0 Å². The van der Waals surface area contributed by atoms with Gasteiger partial charge in [0.15, 0.2) is 0 Å². The maximum atomic E-state index is 12.2. The molecule has 18 heavy (non-hydrogen) atoms. The number of hydrogen-bond donors (Lipinski definition) is 2. The van der Waals surface area contributed by atoms with E-state index in [-0.39, 0.29) is 6.04 Å². The van der Waals surface area contributed by atoms with Crippen LogP contribution in [0.4, 0.5) is 0 Å². The highest BCUT2D eigenvalue weighted by Gasteiger charge is 2.55. The molecule has 0 amide bonds. The van der Waals surface area contributed by atoms with Gasteiger partial charge in [0.1, 0.15) is 0 Å². The second kappa shape index (κ2) is 3.79. The molecule has 0 heterocycles. The van der Waals surface area contributed by atoms with Crippen LogP contribution in [-0.2, 0) is 10.0 Å². The van der Waals surface area contributed by atoms with Crippen LogP contribution in [0.2, 0.25) is 0 Å². The Bertz CT molecular complexity index is 576. The summed E-state index contributed by atoms with van der Waals surface area (Å²) in [4.78, 5) is 0.304. The number of aryl methyl sites for hydroxylation is 1. The first-order valence-corrected chi connectivity index (χ1v) is 7.68. The molecule has 1 aromatic carbocycles. The highest BCUT2D eigenvalue weighted by Crippen LogP contribution is 2.52. The lowest BCUT2D eigenvalue weighted by Crippen LogP contribution is -2.38. The lowest BCUT2D eigenvalue weighted by atomic mass is 9.80. The summed E-state index contributed by atoms with van der Waals surface area (Å²) in [6, 6.07) is 6.76. The first-order chi connectivity index (χ1) is 8.38. The monoisotopic (exact) mass is 267 g/mol. The van der Waals surface area contributed by atoms with Gasteiger partial charge in [-0.3, -0.25) is 0 Å². The average molecular weight is 267 g/mol. The van der Waals surface area contributed by atoms with Crippen molar-refractivity contribution in [1.29, 1.82) is 0 Å². The fourth-order valence-corrected chi connectivity index (χ4v) is 4.54. The normalized spacial score (nSPS) is 34.3. The van der Waals surface area contributed by atoms with Crippen LogP contribution in [0.5, 0.6) is 0 Å². The molecule has 0 aromatic heterocycles. The summed E-state index contributed by atoms with van der Waals surface area (Å²) in [7, 11) is -3.46. The van der Waals surface area contributed by atoms with Gasteiger partial charge >= 0.3 is 0 Å². The lowest BCUT2D eigenvalue weighted by Gasteiger charge is -2.32. The number of hydrogen-bond acceptors (Lipinski definition) is 3. The van der Waals surface area contributed by atoms with E-state index in [9.17, 15) is 13.5 Å². The van der Waals surface area contributed by atoms with Crippen molar-refractivity contribution < 1.29 is 13.5 Å². The first-order valence-electron chi connectivity index (χ1n) is 6.19. The van der Waals surface area contributed by atoms with Crippen LogP contribution in [0.3, 0.4) is 0 Å². The molecule has 98 valence electrons. The zero-order valence-electron chi connectivity index (χ0n) is 10.3. The topological polar surface area (TPSA) is 66.4 Å². The molecule has 4 nitrogen and oxygen atoms in total. The van der Waals surface area contributed by atoms with E-state index in [0.29, 0.717) is 17.2 Å². The third-order valence-electron chi connectivity index (χ3n) is 4.06. The van der Waals surface area contributed by atoms with E-state index in [0.717, 1.165) is 18.4 Å². The summed E-state index contributed by atoms with van der Waals surface area (Å²) >= 11 is 0. The van der Waals surface area contributed by atoms with Crippen LogP contribution < -0.4 is 4.72 Å². The van der Waals surface area contributed by atoms with Crippen molar-refractivity contribution in [2.75, 3.05) is 0 Å². The van der Waals surface area contributed by atoms with Gasteiger partial charge in [-0.1, -0.05) is 12.1 Å². The second-order valence-corrected chi connectivity index (χ2v) is 7.36. The molecule has 0 spiro atoms. The van der Waals surface area contributed by atoms with E-state index >= 15 is 0 Å². The van der Waals surface area contributed by atoms with Crippen molar-refractivity contribution in [3.05, 3.63) is 29.8 Å². The van der Waals surface area contributed by atoms with E-state index in [1.807, 2.05) is 13.0 Å². The minimum absolute atomic E-state index is 0.111. The Hall–Kier alpha value is -0.910. The maximum absolute atomic E-state index is 12.2. The SMILES string of the molecule is Cc1cccc(S(=O)(=O)N[C@@H]2CC3(O)CC2C3)c1. The number of aliphatic hydroxyl groups is 1. The molecule has 1 atom stereocenters.